The van der Waals surface area contributed by atoms with Crippen molar-refractivity contribution in [3.05, 3.63) is 54.1 Å². The van der Waals surface area contributed by atoms with Crippen molar-refractivity contribution < 1.29 is 0 Å². The van der Waals surface area contributed by atoms with Gasteiger partial charge in [-0.1, -0.05) is 0 Å². The first kappa shape index (κ1) is 16.8. The van der Waals surface area contributed by atoms with Gasteiger partial charge in [-0.2, -0.15) is 0 Å². The Morgan fingerprint density at radius 1 is 0.957 bits per heavy atom. The number of allylic oxidation sites excluding steroid dienone is 2. The monoisotopic (exact) mass is 368 g/mol. The maximum absolute atomic E-state index is 2.66. The summed E-state index contributed by atoms with van der Waals surface area (Å²) < 4.78 is 0. The molecule has 0 N–H and O–H groups in total. The normalized spacial score (nSPS) is 17.6. The first-order valence-corrected chi connectivity index (χ1v) is 17.0. The molecule has 0 spiro atoms. The first-order valence-electron chi connectivity index (χ1n) is 9.22. The van der Waals surface area contributed by atoms with E-state index in [0.717, 1.165) is 5.92 Å². The SMILES string of the molecule is [CH3][Ge]([CH3])([CH3])[CH2]/C(=C\C1CCCCC1)c1cccc2ccccc12. The van der Waals surface area contributed by atoms with Crippen LogP contribution in [-0.2, 0) is 0 Å². The van der Waals surface area contributed by atoms with Crippen LogP contribution >= 0.6 is 0 Å². The summed E-state index contributed by atoms with van der Waals surface area (Å²) in [7, 11) is 0. The third-order valence-corrected chi connectivity index (χ3v) is 7.97. The van der Waals surface area contributed by atoms with Crippen LogP contribution in [0.15, 0.2) is 48.5 Å². The third kappa shape index (κ3) is 4.50. The molecular weight excluding hydrogens is 337 g/mol. The Hall–Kier alpha value is -1.02. The van der Waals surface area contributed by atoms with E-state index >= 15 is 0 Å². The van der Waals surface area contributed by atoms with E-state index in [1.807, 2.05) is 0 Å². The molecule has 1 aliphatic rings. The molecule has 23 heavy (non-hydrogen) atoms. The summed E-state index contributed by atoms with van der Waals surface area (Å²) in [5.74, 6) is 8.43. The molecule has 0 aliphatic heterocycles. The van der Waals surface area contributed by atoms with E-state index in [0.29, 0.717) is 0 Å². The van der Waals surface area contributed by atoms with E-state index in [4.69, 9.17) is 0 Å². The summed E-state index contributed by atoms with van der Waals surface area (Å²) in [5, 5.41) is 4.15. The Bertz CT molecular complexity index is 679. The molecule has 122 valence electrons. The molecule has 3 rings (SSSR count). The predicted octanol–water partition coefficient (Wildman–Crippen LogP) is 7.14. The van der Waals surface area contributed by atoms with Crippen molar-refractivity contribution in [3.63, 3.8) is 0 Å². The van der Waals surface area contributed by atoms with Crippen LogP contribution in [0.1, 0.15) is 37.7 Å². The number of hydrogen-bond donors (Lipinski definition) is 0. The third-order valence-electron chi connectivity index (χ3n) is 4.94. The summed E-state index contributed by atoms with van der Waals surface area (Å²) >= 11 is -1.65. The molecule has 0 amide bonds. The van der Waals surface area contributed by atoms with Crippen molar-refractivity contribution in [1.29, 1.82) is 0 Å². The quantitative estimate of drug-likeness (QED) is 0.504. The van der Waals surface area contributed by atoms with Crippen molar-refractivity contribution >= 4 is 29.6 Å². The summed E-state index contributed by atoms with van der Waals surface area (Å²) in [6.07, 6.45) is 9.72. The molecule has 0 saturated heterocycles. The fourth-order valence-electron chi connectivity index (χ4n) is 3.91. The second-order valence-corrected chi connectivity index (χ2v) is 19.8. The van der Waals surface area contributed by atoms with Crippen LogP contribution in [-0.4, -0.2) is 13.3 Å². The predicted molar refractivity (Wildman–Crippen MR) is 107 cm³/mol. The molecule has 1 aliphatic carbocycles. The number of fused-ring (bicyclic) bond motifs is 1. The average Bonchev–Trinajstić information content (AvgIpc) is 2.53. The molecule has 2 aromatic rings. The summed E-state index contributed by atoms with van der Waals surface area (Å²) in [6.45, 7) is 0. The van der Waals surface area contributed by atoms with E-state index in [2.05, 4.69) is 65.8 Å². The second kappa shape index (κ2) is 7.26. The van der Waals surface area contributed by atoms with Gasteiger partial charge in [0.25, 0.3) is 0 Å². The Kier molecular flexibility index (Phi) is 5.31. The van der Waals surface area contributed by atoms with E-state index < -0.39 is 13.3 Å². The van der Waals surface area contributed by atoms with Crippen LogP contribution in [0.2, 0.25) is 22.5 Å². The Balaban J connectivity index is 2.04. The molecule has 0 radical (unpaired) electrons. The molecule has 0 nitrogen and oxygen atoms in total. The molecule has 1 saturated carbocycles. The number of rotatable bonds is 4. The zero-order chi connectivity index (χ0) is 16.3. The van der Waals surface area contributed by atoms with Gasteiger partial charge in [-0.15, -0.1) is 0 Å². The second-order valence-electron chi connectivity index (χ2n) is 8.35. The summed E-state index contributed by atoms with van der Waals surface area (Å²) in [5.41, 5.74) is 3.13. The van der Waals surface area contributed by atoms with Gasteiger partial charge >= 0.3 is 144 Å². The molecule has 0 atom stereocenters. The van der Waals surface area contributed by atoms with Crippen LogP contribution in [0.5, 0.6) is 0 Å². The molecule has 0 heterocycles. The minimum atomic E-state index is -1.65. The number of benzene rings is 2. The standard InChI is InChI=1S/C22H30Ge/c1-23(2,3)17-20(16-18-10-5-4-6-11-18)22-15-9-13-19-12-7-8-14-21(19)22/h7-9,12-16,18H,4-6,10-11,17H2,1-3H3/b20-16+. The zero-order valence-electron chi connectivity index (χ0n) is 14.9. The van der Waals surface area contributed by atoms with Gasteiger partial charge < -0.3 is 0 Å². The Labute approximate surface area is 144 Å². The zero-order valence-corrected chi connectivity index (χ0v) is 17.0. The van der Waals surface area contributed by atoms with Crippen molar-refractivity contribution in [2.45, 2.75) is 54.6 Å². The van der Waals surface area contributed by atoms with E-state index in [-0.39, 0.29) is 0 Å². The molecular formula is C22H30Ge. The number of hydrogen-bond acceptors (Lipinski definition) is 0. The molecule has 0 aromatic heterocycles. The summed E-state index contributed by atoms with van der Waals surface area (Å²) in [4.78, 5) is 0. The average molecular weight is 367 g/mol. The minimum absolute atomic E-state index is 0.808. The van der Waals surface area contributed by atoms with E-state index in [1.54, 1.807) is 5.57 Å². The van der Waals surface area contributed by atoms with Crippen LogP contribution < -0.4 is 0 Å². The van der Waals surface area contributed by atoms with Gasteiger partial charge in [-0.05, 0) is 0 Å². The Morgan fingerprint density at radius 2 is 1.65 bits per heavy atom. The van der Waals surface area contributed by atoms with Crippen LogP contribution in [0.3, 0.4) is 0 Å². The van der Waals surface area contributed by atoms with Crippen molar-refractivity contribution in [2.75, 3.05) is 0 Å². The Morgan fingerprint density at radius 3 is 2.39 bits per heavy atom. The van der Waals surface area contributed by atoms with Gasteiger partial charge in [0, 0.05) is 0 Å². The van der Waals surface area contributed by atoms with Gasteiger partial charge in [0.05, 0.1) is 0 Å². The van der Waals surface area contributed by atoms with Crippen molar-refractivity contribution in [1.82, 2.24) is 0 Å². The van der Waals surface area contributed by atoms with Gasteiger partial charge in [0.2, 0.25) is 0 Å². The topological polar surface area (TPSA) is 0 Å². The molecule has 1 heteroatoms. The van der Waals surface area contributed by atoms with E-state index in [9.17, 15) is 0 Å². The van der Waals surface area contributed by atoms with Crippen LogP contribution in [0.4, 0.5) is 0 Å². The maximum atomic E-state index is 2.66. The molecule has 1 fully saturated rings. The fourth-order valence-corrected chi connectivity index (χ4v) is 6.95. The summed E-state index contributed by atoms with van der Waals surface area (Å²) in [6, 6.07) is 15.7. The molecule has 0 bridgehead atoms. The molecule has 2 aromatic carbocycles. The van der Waals surface area contributed by atoms with Crippen LogP contribution in [0, 0.1) is 5.92 Å². The molecule has 0 unspecified atom stereocenters. The fraction of sp³-hybridized carbons (Fsp3) is 0.455. The van der Waals surface area contributed by atoms with Gasteiger partial charge in [-0.3, -0.25) is 0 Å². The van der Waals surface area contributed by atoms with Crippen molar-refractivity contribution in [3.8, 4) is 0 Å². The van der Waals surface area contributed by atoms with Crippen molar-refractivity contribution in [2.24, 2.45) is 5.92 Å². The van der Waals surface area contributed by atoms with E-state index in [1.165, 1.54) is 53.7 Å². The first-order chi connectivity index (χ1) is 11.0. The van der Waals surface area contributed by atoms with Gasteiger partial charge in [-0.25, -0.2) is 0 Å². The van der Waals surface area contributed by atoms with Crippen LogP contribution in [0.25, 0.3) is 16.3 Å². The van der Waals surface area contributed by atoms with Gasteiger partial charge in [0.15, 0.2) is 0 Å². The van der Waals surface area contributed by atoms with Gasteiger partial charge in [0.1, 0.15) is 0 Å².